The lowest BCUT2D eigenvalue weighted by Gasteiger charge is -2.25. The summed E-state index contributed by atoms with van der Waals surface area (Å²) in [4.78, 5) is 22.6. The minimum atomic E-state index is -5.29. The molecule has 0 saturated carbocycles. The van der Waals surface area contributed by atoms with Crippen LogP contribution in [0, 0.1) is 0 Å². The fourth-order valence-electron chi connectivity index (χ4n) is 1.14. The Hall–Kier alpha value is -1.62. The first kappa shape index (κ1) is 21.4. The highest BCUT2D eigenvalue weighted by atomic mass is 32.2. The molecular weight excluding hydrogens is 345 g/mol. The summed E-state index contributed by atoms with van der Waals surface area (Å²) >= 11 is 0. The van der Waals surface area contributed by atoms with E-state index < -0.39 is 52.1 Å². The second-order valence-corrected chi connectivity index (χ2v) is 6.66. The largest absolute Gasteiger partial charge is 0.456 e. The Kier molecular flexibility index (Phi) is 6.79. The standard InChI is InChI=1S/C12H17F3O7S/c1-5-8(22-9(16)7(2)3)12(14,15)10(17)21-6-11(4,13)23(18,19)20/h8H,2,5-6H2,1,3-4H3,(H,18,19,20). The SMILES string of the molecule is C=C(C)C(=O)OC(CC)C(F)(F)C(=O)OCC(C)(F)S(=O)(=O)O. The number of alkyl halides is 3. The van der Waals surface area contributed by atoms with E-state index in [9.17, 15) is 31.2 Å². The molecule has 2 unspecified atom stereocenters. The first-order valence-corrected chi connectivity index (χ1v) is 7.68. The Morgan fingerprint density at radius 2 is 1.78 bits per heavy atom. The number of esters is 2. The van der Waals surface area contributed by atoms with Crippen LogP contribution < -0.4 is 0 Å². The summed E-state index contributed by atoms with van der Waals surface area (Å²) < 4.78 is 79.3. The highest BCUT2D eigenvalue weighted by molar-refractivity contribution is 7.87. The van der Waals surface area contributed by atoms with Crippen LogP contribution >= 0.6 is 0 Å². The molecule has 7 nitrogen and oxygen atoms in total. The van der Waals surface area contributed by atoms with Crippen molar-refractivity contribution in [2.24, 2.45) is 0 Å². The van der Waals surface area contributed by atoms with Crippen LogP contribution in [0.2, 0.25) is 0 Å². The Balaban J connectivity index is 5.08. The van der Waals surface area contributed by atoms with Gasteiger partial charge in [-0.25, -0.2) is 14.0 Å². The van der Waals surface area contributed by atoms with Crippen molar-refractivity contribution in [2.45, 2.75) is 44.2 Å². The Morgan fingerprint density at radius 1 is 1.30 bits per heavy atom. The maximum absolute atomic E-state index is 13.9. The molecule has 2 atom stereocenters. The zero-order chi connectivity index (χ0) is 18.6. The molecule has 0 aromatic heterocycles. The summed E-state index contributed by atoms with van der Waals surface area (Å²) in [5.74, 6) is -7.82. The second kappa shape index (κ2) is 7.30. The van der Waals surface area contributed by atoms with Crippen molar-refractivity contribution in [2.75, 3.05) is 6.61 Å². The van der Waals surface area contributed by atoms with Crippen molar-refractivity contribution in [3.63, 3.8) is 0 Å². The maximum atomic E-state index is 13.9. The van der Waals surface area contributed by atoms with E-state index in [1.165, 1.54) is 13.8 Å². The van der Waals surface area contributed by atoms with Crippen molar-refractivity contribution in [1.82, 2.24) is 0 Å². The van der Waals surface area contributed by atoms with Gasteiger partial charge < -0.3 is 9.47 Å². The van der Waals surface area contributed by atoms with E-state index in [1.807, 2.05) is 0 Å². The monoisotopic (exact) mass is 362 g/mol. The third-order valence-electron chi connectivity index (χ3n) is 2.64. The quantitative estimate of drug-likeness (QED) is 0.397. The molecule has 1 N–H and O–H groups in total. The van der Waals surface area contributed by atoms with Crippen LogP contribution in [-0.4, -0.2) is 48.5 Å². The fourth-order valence-corrected chi connectivity index (χ4v) is 1.35. The van der Waals surface area contributed by atoms with Crippen molar-refractivity contribution in [3.8, 4) is 0 Å². The van der Waals surface area contributed by atoms with Crippen molar-refractivity contribution in [1.29, 1.82) is 0 Å². The number of carbonyl (C=O) groups is 2. The predicted octanol–water partition coefficient (Wildman–Crippen LogP) is 1.64. The first-order valence-electron chi connectivity index (χ1n) is 6.24. The van der Waals surface area contributed by atoms with Gasteiger partial charge in [-0.2, -0.15) is 17.2 Å². The summed E-state index contributed by atoms with van der Waals surface area (Å²) in [6.07, 6.45) is -2.69. The van der Waals surface area contributed by atoms with Crippen molar-refractivity contribution < 1.29 is 45.2 Å². The molecule has 11 heteroatoms. The molecule has 0 fully saturated rings. The van der Waals surface area contributed by atoms with Crippen molar-refractivity contribution in [3.05, 3.63) is 12.2 Å². The minimum Gasteiger partial charge on any atom is -0.456 e. The molecule has 0 amide bonds. The van der Waals surface area contributed by atoms with Gasteiger partial charge in [0.25, 0.3) is 5.00 Å². The lowest BCUT2D eigenvalue weighted by Crippen LogP contribution is -2.47. The summed E-state index contributed by atoms with van der Waals surface area (Å²) in [6.45, 7) is 4.24. The zero-order valence-corrected chi connectivity index (χ0v) is 13.5. The van der Waals surface area contributed by atoms with Crippen LogP contribution in [0.3, 0.4) is 0 Å². The van der Waals surface area contributed by atoms with Crippen LogP contribution in [0.1, 0.15) is 27.2 Å². The van der Waals surface area contributed by atoms with E-state index in [0.29, 0.717) is 6.92 Å². The van der Waals surface area contributed by atoms with Gasteiger partial charge in [0.1, 0.15) is 6.61 Å². The van der Waals surface area contributed by atoms with Crippen molar-refractivity contribution >= 4 is 22.1 Å². The van der Waals surface area contributed by atoms with E-state index in [-0.39, 0.29) is 5.57 Å². The normalized spacial score (nSPS) is 16.1. The van der Waals surface area contributed by atoms with Gasteiger partial charge in [-0.05, 0) is 20.3 Å². The third-order valence-corrected chi connectivity index (χ3v) is 3.84. The van der Waals surface area contributed by atoms with Gasteiger partial charge in [0.15, 0.2) is 6.10 Å². The molecule has 0 aromatic carbocycles. The Bertz CT molecular complexity index is 583. The topological polar surface area (TPSA) is 107 Å². The van der Waals surface area contributed by atoms with Gasteiger partial charge in [-0.3, -0.25) is 4.55 Å². The Labute approximate surface area is 131 Å². The Morgan fingerprint density at radius 3 is 2.13 bits per heavy atom. The molecule has 0 aromatic rings. The average Bonchev–Trinajstić information content (AvgIpc) is 2.39. The highest BCUT2D eigenvalue weighted by Crippen LogP contribution is 2.28. The number of hydrogen-bond donors (Lipinski definition) is 1. The van der Waals surface area contributed by atoms with Gasteiger partial charge >= 0.3 is 28.0 Å². The van der Waals surface area contributed by atoms with Gasteiger partial charge in [0, 0.05) is 5.57 Å². The molecule has 0 aliphatic rings. The smallest absolute Gasteiger partial charge is 0.381 e. The molecule has 0 rings (SSSR count). The number of carbonyl (C=O) groups excluding carboxylic acids is 2. The molecule has 0 spiro atoms. The summed E-state index contributed by atoms with van der Waals surface area (Å²) in [5, 5.41) is -3.46. The van der Waals surface area contributed by atoms with Crippen LogP contribution in [-0.2, 0) is 29.2 Å². The van der Waals surface area contributed by atoms with Gasteiger partial charge in [0.05, 0.1) is 0 Å². The summed E-state index contributed by atoms with van der Waals surface area (Å²) in [6, 6.07) is 0. The molecule has 0 saturated heterocycles. The van der Waals surface area contributed by atoms with Crippen LogP contribution in [0.25, 0.3) is 0 Å². The number of ether oxygens (including phenoxy) is 2. The molecular formula is C12H17F3O7S. The van der Waals surface area contributed by atoms with Gasteiger partial charge in [-0.15, -0.1) is 0 Å². The lowest BCUT2D eigenvalue weighted by atomic mass is 10.1. The zero-order valence-electron chi connectivity index (χ0n) is 12.6. The summed E-state index contributed by atoms with van der Waals surface area (Å²) in [7, 11) is -5.29. The molecule has 23 heavy (non-hydrogen) atoms. The maximum Gasteiger partial charge on any atom is 0.381 e. The molecule has 0 heterocycles. The average molecular weight is 362 g/mol. The molecule has 0 bridgehead atoms. The number of rotatable bonds is 8. The second-order valence-electron chi connectivity index (χ2n) is 4.86. The molecule has 0 aliphatic heterocycles. The van der Waals surface area contributed by atoms with E-state index in [0.717, 1.165) is 0 Å². The van der Waals surface area contributed by atoms with Gasteiger partial charge in [0.2, 0.25) is 0 Å². The molecule has 0 aliphatic carbocycles. The van der Waals surface area contributed by atoms with E-state index in [2.05, 4.69) is 16.1 Å². The number of halogens is 3. The lowest BCUT2D eigenvalue weighted by molar-refractivity contribution is -0.198. The van der Waals surface area contributed by atoms with E-state index >= 15 is 0 Å². The minimum absolute atomic E-state index is 0.185. The summed E-state index contributed by atoms with van der Waals surface area (Å²) in [5.41, 5.74) is -0.185. The molecule has 0 radical (unpaired) electrons. The van der Waals surface area contributed by atoms with Crippen LogP contribution in [0.15, 0.2) is 12.2 Å². The van der Waals surface area contributed by atoms with E-state index in [4.69, 9.17) is 4.55 Å². The van der Waals surface area contributed by atoms with E-state index in [1.54, 1.807) is 0 Å². The van der Waals surface area contributed by atoms with Crippen LogP contribution in [0.4, 0.5) is 13.2 Å². The van der Waals surface area contributed by atoms with Crippen LogP contribution in [0.5, 0.6) is 0 Å². The first-order chi connectivity index (χ1) is 10.2. The third kappa shape index (κ3) is 5.50. The highest BCUT2D eigenvalue weighted by Gasteiger charge is 2.52. The fraction of sp³-hybridized carbons (Fsp3) is 0.667. The molecule has 134 valence electrons. The number of hydrogen-bond acceptors (Lipinski definition) is 6. The van der Waals surface area contributed by atoms with Gasteiger partial charge in [-0.1, -0.05) is 13.5 Å². The predicted molar refractivity (Wildman–Crippen MR) is 72.0 cm³/mol.